The van der Waals surface area contributed by atoms with Gasteiger partial charge in [-0.15, -0.1) is 0 Å². The van der Waals surface area contributed by atoms with Crippen molar-refractivity contribution in [2.24, 2.45) is 0 Å². The average Bonchev–Trinajstić information content (AvgIpc) is 2.59. The first-order valence-corrected chi connectivity index (χ1v) is 7.53. The zero-order chi connectivity index (χ0) is 16.2. The van der Waals surface area contributed by atoms with E-state index in [9.17, 15) is 4.79 Å². The molecule has 3 rings (SSSR count). The van der Waals surface area contributed by atoms with Crippen LogP contribution in [0.5, 0.6) is 11.5 Å². The number of carbonyl (C=O) groups excluding carboxylic acids is 1. The van der Waals surface area contributed by atoms with Crippen LogP contribution in [0.4, 0.5) is 0 Å². The van der Waals surface area contributed by atoms with Crippen molar-refractivity contribution in [3.8, 4) is 11.5 Å². The van der Waals surface area contributed by atoms with Crippen LogP contribution < -0.4 is 14.8 Å². The minimum atomic E-state index is -0.0471. The molecule has 0 saturated heterocycles. The summed E-state index contributed by atoms with van der Waals surface area (Å²) in [5, 5.41) is 2.97. The summed E-state index contributed by atoms with van der Waals surface area (Å²) in [6.45, 7) is 0.573. The molecular formula is C19H19NO3. The molecule has 23 heavy (non-hydrogen) atoms. The van der Waals surface area contributed by atoms with E-state index in [0.29, 0.717) is 23.6 Å². The van der Waals surface area contributed by atoms with Gasteiger partial charge < -0.3 is 14.8 Å². The quantitative estimate of drug-likeness (QED) is 0.927. The van der Waals surface area contributed by atoms with Crippen LogP contribution in [0.1, 0.15) is 27.0 Å². The normalized spacial score (nSPS) is 15.0. The number of benzene rings is 2. The van der Waals surface area contributed by atoms with E-state index < -0.39 is 0 Å². The van der Waals surface area contributed by atoms with E-state index in [0.717, 1.165) is 23.1 Å². The molecule has 1 amide bonds. The number of carbonyl (C=O) groups is 1. The highest BCUT2D eigenvalue weighted by Crippen LogP contribution is 2.32. The fraction of sp³-hybridized carbons (Fsp3) is 0.211. The maximum Gasteiger partial charge on any atom is 0.251 e. The van der Waals surface area contributed by atoms with Crippen molar-refractivity contribution in [2.45, 2.75) is 6.42 Å². The largest absolute Gasteiger partial charge is 0.493 e. The van der Waals surface area contributed by atoms with Crippen molar-refractivity contribution in [3.05, 3.63) is 58.7 Å². The van der Waals surface area contributed by atoms with Crippen LogP contribution in [0.25, 0.3) is 12.2 Å². The van der Waals surface area contributed by atoms with E-state index >= 15 is 0 Å². The van der Waals surface area contributed by atoms with E-state index in [1.807, 2.05) is 48.6 Å². The summed E-state index contributed by atoms with van der Waals surface area (Å²) in [4.78, 5) is 12.3. The standard InChI is InChI=1S/C19H19NO3/c1-22-17-11-14-8-7-13-5-3-4-6-16(13)19(21)20-10-9-15(14)12-18(17)23-2/h3-8,11-12H,9-10H2,1-2H3,(H,20,21)/b8-7-. The van der Waals surface area contributed by atoms with Gasteiger partial charge in [-0.05, 0) is 41.3 Å². The molecule has 0 fully saturated rings. The summed E-state index contributed by atoms with van der Waals surface area (Å²) in [6, 6.07) is 11.5. The van der Waals surface area contributed by atoms with Gasteiger partial charge in [0.05, 0.1) is 14.2 Å². The molecule has 4 nitrogen and oxygen atoms in total. The number of hydrogen-bond acceptors (Lipinski definition) is 3. The Morgan fingerprint density at radius 2 is 1.65 bits per heavy atom. The van der Waals surface area contributed by atoms with Gasteiger partial charge in [0.2, 0.25) is 0 Å². The molecule has 0 unspecified atom stereocenters. The highest BCUT2D eigenvalue weighted by molar-refractivity contribution is 5.98. The Labute approximate surface area is 135 Å². The van der Waals surface area contributed by atoms with Crippen molar-refractivity contribution in [1.82, 2.24) is 5.32 Å². The molecule has 0 bridgehead atoms. The molecule has 0 atom stereocenters. The first kappa shape index (κ1) is 15.2. The molecule has 0 aromatic heterocycles. The zero-order valence-corrected chi connectivity index (χ0v) is 13.3. The number of ether oxygens (including phenoxy) is 2. The van der Waals surface area contributed by atoms with Gasteiger partial charge in [-0.1, -0.05) is 30.4 Å². The van der Waals surface area contributed by atoms with Crippen LogP contribution in [0.15, 0.2) is 36.4 Å². The number of methoxy groups -OCH3 is 2. The van der Waals surface area contributed by atoms with Crippen LogP contribution >= 0.6 is 0 Å². The van der Waals surface area contributed by atoms with E-state index in [-0.39, 0.29) is 5.91 Å². The monoisotopic (exact) mass is 309 g/mol. The SMILES string of the molecule is COc1cc2c(cc1OC)CCNC(=O)c1ccccc1/C=C\2. The Balaban J connectivity index is 2.11. The molecule has 0 radical (unpaired) electrons. The van der Waals surface area contributed by atoms with Gasteiger partial charge in [-0.3, -0.25) is 4.79 Å². The number of nitrogens with one attached hydrogen (secondary N) is 1. The lowest BCUT2D eigenvalue weighted by Gasteiger charge is -2.15. The van der Waals surface area contributed by atoms with Gasteiger partial charge >= 0.3 is 0 Å². The predicted molar refractivity (Wildman–Crippen MR) is 91.0 cm³/mol. The summed E-state index contributed by atoms with van der Waals surface area (Å²) in [6.07, 6.45) is 4.72. The smallest absolute Gasteiger partial charge is 0.251 e. The molecule has 118 valence electrons. The van der Waals surface area contributed by atoms with Crippen molar-refractivity contribution < 1.29 is 14.3 Å². The minimum absolute atomic E-state index is 0.0471. The molecule has 2 aromatic rings. The van der Waals surface area contributed by atoms with Gasteiger partial charge in [0, 0.05) is 12.1 Å². The first-order valence-electron chi connectivity index (χ1n) is 7.53. The lowest BCUT2D eigenvalue weighted by Crippen LogP contribution is -2.26. The Kier molecular flexibility index (Phi) is 4.33. The lowest BCUT2D eigenvalue weighted by molar-refractivity contribution is 0.0954. The second-order valence-corrected chi connectivity index (χ2v) is 5.33. The molecule has 1 N–H and O–H groups in total. The molecular weight excluding hydrogens is 290 g/mol. The number of fused-ring (bicyclic) bond motifs is 2. The Hall–Kier alpha value is -2.75. The zero-order valence-electron chi connectivity index (χ0n) is 13.3. The third-order valence-corrected chi connectivity index (χ3v) is 3.97. The van der Waals surface area contributed by atoms with Crippen LogP contribution in [0.2, 0.25) is 0 Å². The number of rotatable bonds is 2. The maximum atomic E-state index is 12.3. The lowest BCUT2D eigenvalue weighted by atomic mass is 9.99. The van der Waals surface area contributed by atoms with Gasteiger partial charge in [0.15, 0.2) is 11.5 Å². The van der Waals surface area contributed by atoms with Crippen molar-refractivity contribution in [1.29, 1.82) is 0 Å². The third kappa shape index (κ3) is 3.06. The Bertz CT molecular complexity index is 765. The van der Waals surface area contributed by atoms with Crippen LogP contribution in [-0.4, -0.2) is 26.7 Å². The van der Waals surface area contributed by atoms with Gasteiger partial charge in [-0.2, -0.15) is 0 Å². The second-order valence-electron chi connectivity index (χ2n) is 5.33. The second kappa shape index (κ2) is 6.57. The topological polar surface area (TPSA) is 47.6 Å². The van der Waals surface area contributed by atoms with E-state index in [4.69, 9.17) is 9.47 Å². The summed E-state index contributed by atoms with van der Waals surface area (Å²) in [5.74, 6) is 1.35. The molecule has 0 saturated carbocycles. The fourth-order valence-corrected chi connectivity index (χ4v) is 2.74. The first-order chi connectivity index (χ1) is 11.2. The van der Waals surface area contributed by atoms with Crippen molar-refractivity contribution in [2.75, 3.05) is 20.8 Å². The fourth-order valence-electron chi connectivity index (χ4n) is 2.74. The van der Waals surface area contributed by atoms with Crippen LogP contribution in [0, 0.1) is 0 Å². The van der Waals surface area contributed by atoms with Gasteiger partial charge in [-0.25, -0.2) is 0 Å². The molecule has 4 heteroatoms. The highest BCUT2D eigenvalue weighted by Gasteiger charge is 2.13. The highest BCUT2D eigenvalue weighted by atomic mass is 16.5. The van der Waals surface area contributed by atoms with Crippen molar-refractivity contribution >= 4 is 18.1 Å². The molecule has 2 aromatic carbocycles. The summed E-state index contributed by atoms with van der Waals surface area (Å²) in [5.41, 5.74) is 3.76. The molecule has 1 heterocycles. The maximum absolute atomic E-state index is 12.3. The third-order valence-electron chi connectivity index (χ3n) is 3.97. The molecule has 0 spiro atoms. The Morgan fingerprint density at radius 3 is 2.43 bits per heavy atom. The van der Waals surface area contributed by atoms with E-state index in [1.54, 1.807) is 14.2 Å². The van der Waals surface area contributed by atoms with Gasteiger partial charge in [0.1, 0.15) is 0 Å². The van der Waals surface area contributed by atoms with E-state index in [1.165, 1.54) is 0 Å². The molecule has 1 aliphatic rings. The summed E-state index contributed by atoms with van der Waals surface area (Å²) >= 11 is 0. The molecule has 0 aliphatic carbocycles. The Morgan fingerprint density at radius 1 is 0.957 bits per heavy atom. The molecule has 1 aliphatic heterocycles. The average molecular weight is 309 g/mol. The number of hydrogen-bond donors (Lipinski definition) is 1. The summed E-state index contributed by atoms with van der Waals surface area (Å²) in [7, 11) is 3.25. The predicted octanol–water partition coefficient (Wildman–Crippen LogP) is 3.16. The summed E-state index contributed by atoms with van der Waals surface area (Å²) < 4.78 is 10.8. The van der Waals surface area contributed by atoms with E-state index in [2.05, 4.69) is 5.32 Å². The number of amides is 1. The minimum Gasteiger partial charge on any atom is -0.493 e. The van der Waals surface area contributed by atoms with Crippen molar-refractivity contribution in [3.63, 3.8) is 0 Å². The van der Waals surface area contributed by atoms with Gasteiger partial charge in [0.25, 0.3) is 5.91 Å². The van der Waals surface area contributed by atoms with Crippen LogP contribution in [-0.2, 0) is 6.42 Å². The van der Waals surface area contributed by atoms with Crippen LogP contribution in [0.3, 0.4) is 0 Å².